The number of aromatic hydroxyl groups is 1. The Morgan fingerprint density at radius 1 is 1.41 bits per heavy atom. The topological polar surface area (TPSA) is 66.7 Å². The zero-order chi connectivity index (χ0) is 15.4. The first-order valence-electron chi connectivity index (χ1n) is 7.49. The van der Waals surface area contributed by atoms with Crippen LogP contribution in [0.5, 0.6) is 5.75 Å². The number of benzene rings is 1. The first-order valence-corrected chi connectivity index (χ1v) is 7.49. The van der Waals surface area contributed by atoms with Crippen LogP contribution in [0.3, 0.4) is 0 Å². The van der Waals surface area contributed by atoms with Crippen LogP contribution in [0.4, 0.5) is 4.39 Å². The van der Waals surface area contributed by atoms with E-state index in [0.29, 0.717) is 23.3 Å². The lowest BCUT2D eigenvalue weighted by Gasteiger charge is -2.10. The summed E-state index contributed by atoms with van der Waals surface area (Å²) in [6.45, 7) is 4.07. The zero-order valence-electron chi connectivity index (χ0n) is 12.5. The van der Waals surface area contributed by atoms with E-state index >= 15 is 0 Å². The predicted molar refractivity (Wildman–Crippen MR) is 81.1 cm³/mol. The molecule has 2 aromatic heterocycles. The lowest BCUT2D eigenvalue weighted by atomic mass is 10.2. The lowest BCUT2D eigenvalue weighted by Crippen LogP contribution is -2.09. The molecule has 1 fully saturated rings. The van der Waals surface area contributed by atoms with E-state index in [0.717, 1.165) is 16.9 Å². The number of phenolic OH excluding ortho intramolecular Hbond substituents is 1. The van der Waals surface area contributed by atoms with Crippen molar-refractivity contribution < 1.29 is 9.50 Å². The van der Waals surface area contributed by atoms with Crippen LogP contribution >= 0.6 is 0 Å². The van der Waals surface area contributed by atoms with E-state index < -0.39 is 5.82 Å². The smallest absolute Gasteiger partial charge is 0.177 e. The van der Waals surface area contributed by atoms with Crippen LogP contribution in [0.1, 0.15) is 31.5 Å². The fraction of sp³-hybridized carbons (Fsp3) is 0.375. The summed E-state index contributed by atoms with van der Waals surface area (Å²) in [5.74, 6) is 0.0865. The van der Waals surface area contributed by atoms with Crippen molar-refractivity contribution in [2.24, 2.45) is 5.92 Å². The van der Waals surface area contributed by atoms with Gasteiger partial charge in [0.15, 0.2) is 17.2 Å². The average Bonchev–Trinajstić information content (AvgIpc) is 3.18. The Morgan fingerprint density at radius 2 is 2.18 bits per heavy atom. The minimum absolute atomic E-state index is 0.299. The molecule has 2 N–H and O–H groups in total. The van der Waals surface area contributed by atoms with Crippen molar-refractivity contribution in [3.05, 3.63) is 29.7 Å². The molecule has 3 aromatic rings. The van der Waals surface area contributed by atoms with Gasteiger partial charge < -0.3 is 10.1 Å². The number of aromatic nitrogens is 4. The molecule has 0 spiro atoms. The molecule has 0 bridgehead atoms. The van der Waals surface area contributed by atoms with Gasteiger partial charge in [-0.15, -0.1) is 0 Å². The van der Waals surface area contributed by atoms with E-state index in [9.17, 15) is 9.50 Å². The van der Waals surface area contributed by atoms with Crippen LogP contribution in [0.2, 0.25) is 0 Å². The predicted octanol–water partition coefficient (Wildman–Crippen LogP) is 3.55. The van der Waals surface area contributed by atoms with Gasteiger partial charge in [-0.05, 0) is 44.7 Å². The van der Waals surface area contributed by atoms with E-state index in [1.165, 1.54) is 18.9 Å². The summed E-state index contributed by atoms with van der Waals surface area (Å²) in [6, 6.07) is 4.73. The van der Waals surface area contributed by atoms with Gasteiger partial charge in [0.05, 0.1) is 17.3 Å². The molecule has 5 nitrogen and oxygen atoms in total. The van der Waals surface area contributed by atoms with Crippen molar-refractivity contribution >= 4 is 11.2 Å². The minimum Gasteiger partial charge on any atom is -0.504 e. The van der Waals surface area contributed by atoms with Crippen LogP contribution < -0.4 is 0 Å². The van der Waals surface area contributed by atoms with Crippen molar-refractivity contribution in [3.8, 4) is 17.1 Å². The number of hydrogen-bond acceptors (Lipinski definition) is 3. The monoisotopic (exact) mass is 300 g/mol. The Labute approximate surface area is 126 Å². The van der Waals surface area contributed by atoms with Crippen LogP contribution in [-0.2, 0) is 0 Å². The number of H-pyrrole nitrogens is 1. The molecule has 1 aromatic carbocycles. The number of para-hydroxylation sites is 1. The summed E-state index contributed by atoms with van der Waals surface area (Å²) < 4.78 is 15.5. The van der Waals surface area contributed by atoms with Gasteiger partial charge >= 0.3 is 0 Å². The van der Waals surface area contributed by atoms with Crippen molar-refractivity contribution in [3.63, 3.8) is 0 Å². The first-order chi connectivity index (χ1) is 10.6. The number of halogens is 1. The van der Waals surface area contributed by atoms with E-state index in [1.54, 1.807) is 12.1 Å². The van der Waals surface area contributed by atoms with Crippen molar-refractivity contribution in [1.29, 1.82) is 0 Å². The highest BCUT2D eigenvalue weighted by molar-refractivity contribution is 5.80. The summed E-state index contributed by atoms with van der Waals surface area (Å²) in [5.41, 5.74) is 2.82. The number of imidazole rings is 1. The molecule has 1 aliphatic carbocycles. The van der Waals surface area contributed by atoms with E-state index in [1.807, 2.05) is 11.6 Å². The van der Waals surface area contributed by atoms with E-state index in [4.69, 9.17) is 0 Å². The van der Waals surface area contributed by atoms with Gasteiger partial charge in [0.2, 0.25) is 0 Å². The molecule has 114 valence electrons. The minimum atomic E-state index is -0.650. The Morgan fingerprint density at radius 3 is 2.91 bits per heavy atom. The Kier molecular flexibility index (Phi) is 2.76. The second kappa shape index (κ2) is 4.56. The third kappa shape index (κ3) is 1.90. The SMILES string of the molecule is Cc1nn(C(C)C2CC2)c2nc(-c3cccc(F)c3O)[nH]c12. The molecule has 2 heterocycles. The van der Waals surface area contributed by atoms with Gasteiger partial charge in [-0.3, -0.25) is 0 Å². The maximum atomic E-state index is 13.5. The normalized spacial score (nSPS) is 16.3. The standard InChI is InChI=1S/C16H17FN4O/c1-8-13-16(21(20-8)9(2)10-6-7-10)19-15(18-13)11-4-3-5-12(17)14(11)22/h3-5,9-10,22H,6-7H2,1-2H3,(H,18,19). The van der Waals surface area contributed by atoms with Crippen molar-refractivity contribution in [2.75, 3.05) is 0 Å². The molecule has 0 aliphatic heterocycles. The van der Waals surface area contributed by atoms with Gasteiger partial charge in [0, 0.05) is 0 Å². The first kappa shape index (κ1) is 13.3. The quantitative estimate of drug-likeness (QED) is 0.777. The highest BCUT2D eigenvalue weighted by atomic mass is 19.1. The Bertz CT molecular complexity index is 863. The molecule has 4 rings (SSSR count). The number of hydrogen-bond donors (Lipinski definition) is 2. The van der Waals surface area contributed by atoms with Crippen LogP contribution in [-0.4, -0.2) is 24.9 Å². The van der Waals surface area contributed by atoms with Gasteiger partial charge in [0.25, 0.3) is 0 Å². The largest absolute Gasteiger partial charge is 0.504 e. The average molecular weight is 300 g/mol. The molecule has 6 heteroatoms. The molecule has 1 saturated carbocycles. The number of rotatable bonds is 3. The fourth-order valence-corrected chi connectivity index (χ4v) is 2.94. The third-order valence-electron chi connectivity index (χ3n) is 4.45. The zero-order valence-corrected chi connectivity index (χ0v) is 12.5. The summed E-state index contributed by atoms with van der Waals surface area (Å²) in [5, 5.41) is 14.5. The van der Waals surface area contributed by atoms with Gasteiger partial charge in [0.1, 0.15) is 11.3 Å². The Hall–Kier alpha value is -2.37. The van der Waals surface area contributed by atoms with Crippen LogP contribution in [0.25, 0.3) is 22.6 Å². The highest BCUT2D eigenvalue weighted by Crippen LogP contribution is 2.40. The lowest BCUT2D eigenvalue weighted by molar-refractivity contribution is 0.434. The molecule has 1 unspecified atom stereocenters. The molecule has 1 atom stereocenters. The fourth-order valence-electron chi connectivity index (χ4n) is 2.94. The van der Waals surface area contributed by atoms with E-state index in [2.05, 4.69) is 22.0 Å². The molecule has 1 aliphatic rings. The second-order valence-electron chi connectivity index (χ2n) is 6.03. The summed E-state index contributed by atoms with van der Waals surface area (Å²) >= 11 is 0. The van der Waals surface area contributed by atoms with Gasteiger partial charge in [-0.25, -0.2) is 14.1 Å². The summed E-state index contributed by atoms with van der Waals surface area (Å²) in [6.07, 6.45) is 2.45. The molecule has 0 saturated heterocycles. The van der Waals surface area contributed by atoms with Gasteiger partial charge in [-0.2, -0.15) is 5.10 Å². The molecular weight excluding hydrogens is 283 g/mol. The van der Waals surface area contributed by atoms with Crippen LogP contribution in [0.15, 0.2) is 18.2 Å². The summed E-state index contributed by atoms with van der Waals surface area (Å²) in [7, 11) is 0. The van der Waals surface area contributed by atoms with Crippen molar-refractivity contribution in [1.82, 2.24) is 19.7 Å². The molecule has 0 amide bonds. The molecular formula is C16H17FN4O. The maximum absolute atomic E-state index is 13.5. The molecule has 0 radical (unpaired) electrons. The summed E-state index contributed by atoms with van der Waals surface area (Å²) in [4.78, 5) is 7.72. The number of aromatic amines is 1. The number of phenols is 1. The Balaban J connectivity index is 1.87. The van der Waals surface area contributed by atoms with Gasteiger partial charge in [-0.1, -0.05) is 6.07 Å². The van der Waals surface area contributed by atoms with Crippen LogP contribution in [0, 0.1) is 18.7 Å². The number of nitrogens with zero attached hydrogens (tertiary/aromatic N) is 3. The number of aryl methyl sites for hydroxylation is 1. The maximum Gasteiger partial charge on any atom is 0.177 e. The number of nitrogens with one attached hydrogen (secondary N) is 1. The van der Waals surface area contributed by atoms with Crippen molar-refractivity contribution in [2.45, 2.75) is 32.7 Å². The third-order valence-corrected chi connectivity index (χ3v) is 4.45. The second-order valence-corrected chi connectivity index (χ2v) is 6.03. The number of fused-ring (bicyclic) bond motifs is 1. The van der Waals surface area contributed by atoms with E-state index in [-0.39, 0.29) is 5.75 Å². The highest BCUT2D eigenvalue weighted by Gasteiger charge is 2.31. The molecule has 22 heavy (non-hydrogen) atoms.